The van der Waals surface area contributed by atoms with Crippen LogP contribution in [0.15, 0.2) is 108 Å². The Morgan fingerprint density at radius 1 is 0.690 bits per heavy atom. The smallest absolute Gasteiger partial charge is 0.139 e. The topological polar surface area (TPSA) is 28.7 Å². The lowest BCUT2D eigenvalue weighted by Gasteiger charge is -2.21. The second-order valence-corrected chi connectivity index (χ2v) is 9.87. The quantitative estimate of drug-likeness (QED) is 0.342. The van der Waals surface area contributed by atoms with Crippen LogP contribution in [0.3, 0.4) is 0 Å². The molecule has 0 fully saturated rings. The van der Waals surface area contributed by atoms with Crippen molar-refractivity contribution in [3.05, 3.63) is 108 Å². The second-order valence-electron chi connectivity index (χ2n) is 6.77. The molecule has 1 N–H and O–H groups in total. The molecule has 140 valence electrons. The van der Waals surface area contributed by atoms with Gasteiger partial charge in [-0.2, -0.15) is 0 Å². The van der Waals surface area contributed by atoms with E-state index in [0.29, 0.717) is 0 Å². The lowest BCUT2D eigenvalue weighted by molar-refractivity contribution is 1.34. The fourth-order valence-electron chi connectivity index (χ4n) is 3.56. The molecule has 1 aromatic heterocycles. The first kappa shape index (κ1) is 18.3. The number of H-pyrrole nitrogens is 1. The van der Waals surface area contributed by atoms with Crippen LogP contribution in [0.1, 0.15) is 0 Å². The third kappa shape index (κ3) is 3.64. The summed E-state index contributed by atoms with van der Waals surface area (Å²) < 4.78 is 1.05. The third-order valence-corrected chi connectivity index (χ3v) is 7.87. The molecule has 4 aromatic carbocycles. The van der Waals surface area contributed by atoms with E-state index in [0.717, 1.165) is 26.9 Å². The molecule has 2 nitrogen and oxygen atoms in total. The van der Waals surface area contributed by atoms with Crippen molar-refractivity contribution in [1.82, 2.24) is 9.97 Å². The number of imidazole rings is 1. The fourth-order valence-corrected chi connectivity index (χ4v) is 6.37. The van der Waals surface area contributed by atoms with E-state index in [1.54, 1.807) is 0 Å². The van der Waals surface area contributed by atoms with Crippen LogP contribution < -0.4 is 15.9 Å². The first-order valence-corrected chi connectivity index (χ1v) is 11.6. The highest BCUT2D eigenvalue weighted by Crippen LogP contribution is 2.36. The zero-order valence-corrected chi connectivity index (χ0v) is 18.1. The highest BCUT2D eigenvalue weighted by atomic mass is 79.9. The predicted octanol–water partition coefficient (Wildman–Crippen LogP) is 5.75. The van der Waals surface area contributed by atoms with Crippen LogP contribution in [0, 0.1) is 0 Å². The van der Waals surface area contributed by atoms with Crippen molar-refractivity contribution < 1.29 is 0 Å². The lowest BCUT2D eigenvalue weighted by atomic mass is 10.2. The molecule has 0 amide bonds. The maximum absolute atomic E-state index is 4.89. The van der Waals surface area contributed by atoms with E-state index in [-0.39, 0.29) is 0 Å². The molecule has 0 aliphatic carbocycles. The van der Waals surface area contributed by atoms with Gasteiger partial charge in [-0.25, -0.2) is 4.98 Å². The molecule has 0 unspecified atom stereocenters. The number of nitrogens with one attached hydrogen (secondary N) is 1. The van der Waals surface area contributed by atoms with Gasteiger partial charge >= 0.3 is 0 Å². The molecule has 0 saturated carbocycles. The predicted molar refractivity (Wildman–Crippen MR) is 128 cm³/mol. The van der Waals surface area contributed by atoms with Gasteiger partial charge in [-0.05, 0) is 42.0 Å². The normalized spacial score (nSPS) is 11.2. The summed E-state index contributed by atoms with van der Waals surface area (Å²) in [6.07, 6.45) is 0. The zero-order valence-electron chi connectivity index (χ0n) is 15.6. The number of rotatable bonds is 4. The molecule has 5 aromatic rings. The maximum Gasteiger partial charge on any atom is 0.139 e. The number of nitrogens with zero attached hydrogens (tertiary/aromatic N) is 1. The molecule has 1 heterocycles. The molecule has 5 rings (SSSR count). The van der Waals surface area contributed by atoms with Crippen LogP contribution in [-0.4, -0.2) is 9.97 Å². The van der Waals surface area contributed by atoms with Crippen LogP contribution >= 0.6 is 23.9 Å². The van der Waals surface area contributed by atoms with Crippen molar-refractivity contribution in [3.8, 4) is 11.4 Å². The monoisotopic (exact) mass is 456 g/mol. The summed E-state index contributed by atoms with van der Waals surface area (Å²) in [7, 11) is -0.695. The standard InChI is InChI=1S/C25H18BrN2P/c26-18-15-16-22-23(17-18)28-25(27-22)21-13-7-8-14-24(21)29(19-9-3-1-4-10-19)20-11-5-2-6-12-20/h1-17H,(H,27,28). The number of halogens is 1. The molecule has 0 spiro atoms. The molecule has 0 radical (unpaired) electrons. The van der Waals surface area contributed by atoms with Gasteiger partial charge in [-0.15, -0.1) is 0 Å². The fraction of sp³-hybridized carbons (Fsp3) is 0. The van der Waals surface area contributed by atoms with Gasteiger partial charge in [0.15, 0.2) is 0 Å². The summed E-state index contributed by atoms with van der Waals surface area (Å²) in [5.74, 6) is 0.910. The van der Waals surface area contributed by atoms with Crippen LogP contribution in [0.4, 0.5) is 0 Å². The van der Waals surface area contributed by atoms with Crippen LogP contribution in [0.5, 0.6) is 0 Å². The lowest BCUT2D eigenvalue weighted by Crippen LogP contribution is -2.22. The number of hydrogen-bond donors (Lipinski definition) is 1. The van der Waals surface area contributed by atoms with E-state index in [1.807, 2.05) is 12.1 Å². The second kappa shape index (κ2) is 7.94. The Morgan fingerprint density at radius 2 is 1.31 bits per heavy atom. The third-order valence-electron chi connectivity index (χ3n) is 4.87. The zero-order chi connectivity index (χ0) is 19.6. The van der Waals surface area contributed by atoms with Crippen molar-refractivity contribution >= 4 is 50.8 Å². The highest BCUT2D eigenvalue weighted by Gasteiger charge is 2.21. The Labute approximate surface area is 179 Å². The SMILES string of the molecule is Brc1ccc2nc(-c3ccccc3P(c3ccccc3)c3ccccc3)[nH]c2c1. The Bertz CT molecular complexity index is 1230. The van der Waals surface area contributed by atoms with Crippen LogP contribution in [0.25, 0.3) is 22.4 Å². The van der Waals surface area contributed by atoms with Gasteiger partial charge in [0, 0.05) is 10.0 Å². The van der Waals surface area contributed by atoms with Crippen molar-refractivity contribution in [2.75, 3.05) is 0 Å². The van der Waals surface area contributed by atoms with Gasteiger partial charge in [0.05, 0.1) is 11.0 Å². The van der Waals surface area contributed by atoms with E-state index in [4.69, 9.17) is 4.98 Å². The highest BCUT2D eigenvalue weighted by molar-refractivity contribution is 9.10. The molecular weight excluding hydrogens is 439 g/mol. The molecule has 0 atom stereocenters. The molecule has 0 saturated heterocycles. The van der Waals surface area contributed by atoms with Gasteiger partial charge < -0.3 is 4.98 Å². The van der Waals surface area contributed by atoms with Crippen molar-refractivity contribution in [3.63, 3.8) is 0 Å². The van der Waals surface area contributed by atoms with E-state index < -0.39 is 7.92 Å². The molecule has 0 aliphatic rings. The summed E-state index contributed by atoms with van der Waals surface area (Å²) in [6, 6.07) is 36.3. The summed E-state index contributed by atoms with van der Waals surface area (Å²) in [5.41, 5.74) is 3.16. The van der Waals surface area contributed by atoms with Crippen LogP contribution in [-0.2, 0) is 0 Å². The number of hydrogen-bond acceptors (Lipinski definition) is 1. The number of benzene rings is 4. The largest absolute Gasteiger partial charge is 0.338 e. The molecule has 29 heavy (non-hydrogen) atoms. The average molecular weight is 457 g/mol. The first-order chi connectivity index (χ1) is 14.3. The number of fused-ring (bicyclic) bond motifs is 1. The summed E-state index contributed by atoms with van der Waals surface area (Å²) in [5, 5.41) is 3.97. The minimum absolute atomic E-state index is 0.695. The van der Waals surface area contributed by atoms with Gasteiger partial charge in [0.1, 0.15) is 5.82 Å². The van der Waals surface area contributed by atoms with Gasteiger partial charge in [-0.3, -0.25) is 0 Å². The maximum atomic E-state index is 4.89. The minimum Gasteiger partial charge on any atom is -0.338 e. The summed E-state index contributed by atoms with van der Waals surface area (Å²) in [6.45, 7) is 0. The van der Waals surface area contributed by atoms with E-state index >= 15 is 0 Å². The summed E-state index contributed by atoms with van der Waals surface area (Å²) >= 11 is 3.55. The van der Waals surface area contributed by atoms with Crippen molar-refractivity contribution in [2.45, 2.75) is 0 Å². The van der Waals surface area contributed by atoms with E-state index in [2.05, 4.69) is 112 Å². The number of aromatic amines is 1. The Balaban J connectivity index is 1.72. The Morgan fingerprint density at radius 3 is 2.00 bits per heavy atom. The van der Waals surface area contributed by atoms with Crippen molar-refractivity contribution in [2.24, 2.45) is 0 Å². The first-order valence-electron chi connectivity index (χ1n) is 9.44. The van der Waals surface area contributed by atoms with Crippen molar-refractivity contribution in [1.29, 1.82) is 0 Å². The van der Waals surface area contributed by atoms with E-state index in [1.165, 1.54) is 15.9 Å². The number of aromatic nitrogens is 2. The summed E-state index contributed by atoms with van der Waals surface area (Å²) in [4.78, 5) is 8.41. The van der Waals surface area contributed by atoms with Gasteiger partial charge in [0.25, 0.3) is 0 Å². The minimum atomic E-state index is -0.695. The molecule has 0 aliphatic heterocycles. The Hall–Kier alpha value is -2.74. The van der Waals surface area contributed by atoms with Crippen LogP contribution in [0.2, 0.25) is 0 Å². The van der Waals surface area contributed by atoms with E-state index in [9.17, 15) is 0 Å². The molecule has 4 heteroatoms. The molecule has 0 bridgehead atoms. The average Bonchev–Trinajstić information content (AvgIpc) is 3.19. The Kier molecular flexibility index (Phi) is 5.01. The van der Waals surface area contributed by atoms with Gasteiger partial charge in [-0.1, -0.05) is 101 Å². The van der Waals surface area contributed by atoms with Gasteiger partial charge in [0.2, 0.25) is 0 Å². The molecular formula is C25H18BrN2P.